The molecule has 0 saturated heterocycles. The molecule has 3 rings (SSSR count). The Labute approximate surface area is 127 Å². The van der Waals surface area contributed by atoms with Gasteiger partial charge in [-0.2, -0.15) is 0 Å². The largest absolute Gasteiger partial charge is 0.370 e. The number of halogens is 1. The third-order valence-electron chi connectivity index (χ3n) is 3.37. The highest BCUT2D eigenvalue weighted by molar-refractivity contribution is 5.80. The Kier molecular flexibility index (Phi) is 3.56. The number of hydrogen-bond donors (Lipinski definition) is 3. The van der Waals surface area contributed by atoms with E-state index in [4.69, 9.17) is 5.73 Å². The van der Waals surface area contributed by atoms with E-state index in [1.807, 2.05) is 30.3 Å². The van der Waals surface area contributed by atoms with Crippen LogP contribution in [0.4, 0.5) is 4.39 Å². The molecule has 1 aliphatic heterocycles. The Hall–Kier alpha value is -2.80. The molecule has 1 aromatic carbocycles. The molecule has 0 bridgehead atoms. The van der Waals surface area contributed by atoms with Crippen molar-refractivity contribution < 1.29 is 4.39 Å². The molecule has 0 saturated carbocycles. The monoisotopic (exact) mass is 298 g/mol. The van der Waals surface area contributed by atoms with Crippen LogP contribution in [0.1, 0.15) is 5.69 Å². The van der Waals surface area contributed by atoms with Crippen LogP contribution < -0.4 is 16.4 Å². The van der Waals surface area contributed by atoms with Crippen molar-refractivity contribution in [1.82, 2.24) is 20.6 Å². The molecule has 0 aliphatic carbocycles. The molecule has 1 atom stereocenters. The van der Waals surface area contributed by atoms with Crippen LogP contribution in [0.2, 0.25) is 0 Å². The third-order valence-corrected chi connectivity index (χ3v) is 3.37. The molecule has 7 heteroatoms. The molecule has 0 fully saturated rings. The second-order valence-electron chi connectivity index (χ2n) is 4.75. The highest BCUT2D eigenvalue weighted by Gasteiger charge is 2.34. The van der Waals surface area contributed by atoms with Crippen LogP contribution in [-0.4, -0.2) is 23.0 Å². The molecule has 1 aliphatic rings. The fourth-order valence-corrected chi connectivity index (χ4v) is 2.26. The van der Waals surface area contributed by atoms with Crippen molar-refractivity contribution in [3.63, 3.8) is 0 Å². The first kappa shape index (κ1) is 14.2. The Morgan fingerprint density at radius 3 is 2.73 bits per heavy atom. The molecule has 6 nitrogen and oxygen atoms in total. The van der Waals surface area contributed by atoms with Crippen LogP contribution in [0.5, 0.6) is 0 Å². The average Bonchev–Trinajstić information content (AvgIpc) is 2.56. The van der Waals surface area contributed by atoms with E-state index in [1.54, 1.807) is 19.3 Å². The van der Waals surface area contributed by atoms with E-state index in [0.29, 0.717) is 5.82 Å². The predicted octanol–water partition coefficient (Wildman–Crippen LogP) is 1.09. The number of rotatable bonds is 3. The van der Waals surface area contributed by atoms with Crippen molar-refractivity contribution in [2.24, 2.45) is 10.7 Å². The van der Waals surface area contributed by atoms with Crippen LogP contribution in [0.15, 0.2) is 53.8 Å². The summed E-state index contributed by atoms with van der Waals surface area (Å²) in [6.45, 7) is 0. The van der Waals surface area contributed by atoms with Gasteiger partial charge in [0.25, 0.3) is 0 Å². The third kappa shape index (κ3) is 2.42. The van der Waals surface area contributed by atoms with Gasteiger partial charge in [-0.1, -0.05) is 30.3 Å². The van der Waals surface area contributed by atoms with Crippen molar-refractivity contribution in [2.45, 2.75) is 5.66 Å². The summed E-state index contributed by atoms with van der Waals surface area (Å²) in [5, 5.41) is 5.71. The molecular formula is C15H15FN6. The SMILES string of the molecule is CNC1(c2nc(-c3ccccc3)ncc2F)C=CNC(N)=N1. The van der Waals surface area contributed by atoms with Gasteiger partial charge in [-0.25, -0.2) is 19.4 Å². The first-order valence-corrected chi connectivity index (χ1v) is 6.71. The minimum atomic E-state index is -1.16. The molecule has 112 valence electrons. The lowest BCUT2D eigenvalue weighted by molar-refractivity contribution is 0.425. The summed E-state index contributed by atoms with van der Waals surface area (Å²) in [5.41, 5.74) is 5.45. The highest BCUT2D eigenvalue weighted by Crippen LogP contribution is 2.28. The van der Waals surface area contributed by atoms with E-state index in [1.165, 1.54) is 0 Å². The molecule has 4 N–H and O–H groups in total. The number of nitrogens with one attached hydrogen (secondary N) is 2. The molecule has 0 spiro atoms. The minimum absolute atomic E-state index is 0.115. The lowest BCUT2D eigenvalue weighted by atomic mass is 10.0. The predicted molar refractivity (Wildman–Crippen MR) is 82.1 cm³/mol. The summed E-state index contributed by atoms with van der Waals surface area (Å²) in [6, 6.07) is 9.35. The zero-order chi connectivity index (χ0) is 15.6. The van der Waals surface area contributed by atoms with Gasteiger partial charge >= 0.3 is 0 Å². The van der Waals surface area contributed by atoms with Crippen LogP contribution in [0.25, 0.3) is 11.4 Å². The van der Waals surface area contributed by atoms with E-state index in [0.717, 1.165) is 11.8 Å². The van der Waals surface area contributed by atoms with E-state index in [-0.39, 0.29) is 11.7 Å². The summed E-state index contributed by atoms with van der Waals surface area (Å²) in [5.74, 6) is 0.0422. The van der Waals surface area contributed by atoms with Crippen molar-refractivity contribution in [3.8, 4) is 11.4 Å². The summed E-state index contributed by atoms with van der Waals surface area (Å²) in [7, 11) is 1.66. The first-order valence-electron chi connectivity index (χ1n) is 6.71. The van der Waals surface area contributed by atoms with Gasteiger partial charge in [-0.3, -0.25) is 5.32 Å². The number of aliphatic imine (C=N–C) groups is 1. The van der Waals surface area contributed by atoms with E-state index >= 15 is 0 Å². The Balaban J connectivity index is 2.14. The van der Waals surface area contributed by atoms with Crippen LogP contribution in [-0.2, 0) is 5.66 Å². The highest BCUT2D eigenvalue weighted by atomic mass is 19.1. The number of aromatic nitrogens is 2. The second-order valence-corrected chi connectivity index (χ2v) is 4.75. The van der Waals surface area contributed by atoms with Gasteiger partial charge in [0, 0.05) is 11.8 Å². The quantitative estimate of drug-likeness (QED) is 0.789. The lowest BCUT2D eigenvalue weighted by Gasteiger charge is -2.28. The molecule has 2 aromatic rings. The number of nitrogens with two attached hydrogens (primary N) is 1. The molecule has 1 aromatic heterocycles. The van der Waals surface area contributed by atoms with Crippen molar-refractivity contribution >= 4 is 5.96 Å². The smallest absolute Gasteiger partial charge is 0.195 e. The van der Waals surface area contributed by atoms with E-state index < -0.39 is 11.5 Å². The van der Waals surface area contributed by atoms with Crippen LogP contribution >= 0.6 is 0 Å². The topological polar surface area (TPSA) is 88.2 Å². The van der Waals surface area contributed by atoms with Crippen molar-refractivity contribution in [3.05, 3.63) is 60.3 Å². The average molecular weight is 298 g/mol. The molecule has 1 unspecified atom stereocenters. The zero-order valence-electron chi connectivity index (χ0n) is 11.9. The Bertz CT molecular complexity index is 743. The number of likely N-dealkylation sites (N-methyl/N-ethyl adjacent to an activating group) is 1. The second kappa shape index (κ2) is 5.53. The summed E-state index contributed by atoms with van der Waals surface area (Å²) < 4.78 is 14.3. The van der Waals surface area contributed by atoms with E-state index in [9.17, 15) is 4.39 Å². The number of guanidine groups is 1. The molecule has 0 radical (unpaired) electrons. The van der Waals surface area contributed by atoms with Gasteiger partial charge in [-0.05, 0) is 13.1 Å². The Morgan fingerprint density at radius 1 is 1.27 bits per heavy atom. The standard InChI is InChI=1S/C15H15FN6/c1-18-15(7-8-19-14(17)22-15)12-11(16)9-20-13(21-12)10-5-3-2-4-6-10/h2-9,18H,1H3,(H3,17,19,22). The van der Waals surface area contributed by atoms with Gasteiger partial charge in [0.15, 0.2) is 23.3 Å². The fraction of sp³-hybridized carbons (Fsp3) is 0.133. The zero-order valence-corrected chi connectivity index (χ0v) is 11.9. The van der Waals surface area contributed by atoms with Gasteiger partial charge in [0.2, 0.25) is 0 Å². The molecule has 2 heterocycles. The van der Waals surface area contributed by atoms with Crippen molar-refractivity contribution in [1.29, 1.82) is 0 Å². The number of nitrogens with zero attached hydrogens (tertiary/aromatic N) is 3. The van der Waals surface area contributed by atoms with E-state index in [2.05, 4.69) is 25.6 Å². The molecule has 22 heavy (non-hydrogen) atoms. The van der Waals surface area contributed by atoms with Crippen molar-refractivity contribution in [2.75, 3.05) is 7.05 Å². The van der Waals surface area contributed by atoms with Crippen LogP contribution in [0.3, 0.4) is 0 Å². The summed E-state index contributed by atoms with van der Waals surface area (Å²) in [4.78, 5) is 12.7. The Morgan fingerprint density at radius 2 is 2.05 bits per heavy atom. The maximum atomic E-state index is 14.3. The van der Waals surface area contributed by atoms with Gasteiger partial charge in [0.1, 0.15) is 5.69 Å². The maximum absolute atomic E-state index is 14.3. The molecule has 0 amide bonds. The maximum Gasteiger partial charge on any atom is 0.195 e. The minimum Gasteiger partial charge on any atom is -0.370 e. The summed E-state index contributed by atoms with van der Waals surface area (Å²) in [6.07, 6.45) is 4.40. The fourth-order valence-electron chi connectivity index (χ4n) is 2.26. The first-order chi connectivity index (χ1) is 10.6. The number of benzene rings is 1. The molecular weight excluding hydrogens is 283 g/mol. The normalized spacial score (nSPS) is 20.4. The lowest BCUT2D eigenvalue weighted by Crippen LogP contribution is -2.45. The van der Waals surface area contributed by atoms with Crippen LogP contribution in [0, 0.1) is 5.82 Å². The van der Waals surface area contributed by atoms with Gasteiger partial charge in [-0.15, -0.1) is 0 Å². The van der Waals surface area contributed by atoms with Gasteiger partial charge in [0.05, 0.1) is 6.20 Å². The summed E-state index contributed by atoms with van der Waals surface area (Å²) >= 11 is 0. The number of hydrogen-bond acceptors (Lipinski definition) is 6. The van der Waals surface area contributed by atoms with Gasteiger partial charge < -0.3 is 11.1 Å².